The van der Waals surface area contributed by atoms with Crippen LogP contribution in [0.1, 0.15) is 16.8 Å². The second-order valence-electron chi connectivity index (χ2n) is 6.19. The molecule has 120 valence electrons. The molecule has 1 aliphatic heterocycles. The molecule has 3 aliphatic rings. The maximum Gasteiger partial charge on any atom is 0.270 e. The minimum atomic E-state index is -0.479. The van der Waals surface area contributed by atoms with E-state index in [2.05, 4.69) is 42.3 Å². The van der Waals surface area contributed by atoms with Crippen LogP contribution in [0.25, 0.3) is 0 Å². The number of hydrogen-bond acceptors (Lipinski definition) is 4. The number of hydrogen-bond donors (Lipinski definition) is 1. The third-order valence-corrected chi connectivity index (χ3v) is 8.35. The second kappa shape index (κ2) is 5.37. The van der Waals surface area contributed by atoms with E-state index in [-0.39, 0.29) is 45.1 Å². The number of aromatic nitrogens is 1. The highest BCUT2D eigenvalue weighted by Gasteiger charge is 2.66. The molecule has 3 amide bonds. The summed E-state index contributed by atoms with van der Waals surface area (Å²) in [5.74, 6) is -1.46. The van der Waals surface area contributed by atoms with E-state index in [1.807, 2.05) is 0 Å². The lowest BCUT2D eigenvalue weighted by Crippen LogP contribution is -2.47. The molecule has 3 fully saturated rings. The molecule has 23 heavy (non-hydrogen) atoms. The molecule has 2 aliphatic carbocycles. The van der Waals surface area contributed by atoms with Crippen molar-refractivity contribution in [1.29, 1.82) is 0 Å². The zero-order valence-corrected chi connectivity index (χ0v) is 15.0. The molecule has 2 saturated carbocycles. The number of rotatable bonds is 2. The fourth-order valence-electron chi connectivity index (χ4n) is 4.13. The van der Waals surface area contributed by atoms with Crippen molar-refractivity contribution in [3.05, 3.63) is 30.1 Å². The highest BCUT2D eigenvalue weighted by Crippen LogP contribution is 2.59. The number of carbonyl (C=O) groups is 3. The zero-order valence-electron chi connectivity index (χ0n) is 11.9. The lowest BCUT2D eigenvalue weighted by atomic mass is 9.81. The van der Waals surface area contributed by atoms with Crippen LogP contribution in [0.15, 0.2) is 24.5 Å². The number of fused-ring (bicyclic) bond motifs is 5. The fraction of sp³-hybridized carbons (Fsp3) is 0.467. The predicted molar refractivity (Wildman–Crippen MR) is 87.6 cm³/mol. The van der Waals surface area contributed by atoms with Gasteiger partial charge in [0.05, 0.1) is 11.8 Å². The molecular weight excluding hydrogens is 430 g/mol. The van der Waals surface area contributed by atoms with E-state index >= 15 is 0 Å². The Morgan fingerprint density at radius 3 is 2.13 bits per heavy atom. The van der Waals surface area contributed by atoms with E-state index in [4.69, 9.17) is 0 Å². The van der Waals surface area contributed by atoms with Crippen LogP contribution < -0.4 is 5.43 Å². The minimum absolute atomic E-state index is 0.133. The van der Waals surface area contributed by atoms with Crippen molar-refractivity contribution in [3.8, 4) is 0 Å². The Hall–Kier alpha value is -1.28. The number of amides is 3. The molecule has 6 atom stereocenters. The Morgan fingerprint density at radius 1 is 1.09 bits per heavy atom. The van der Waals surface area contributed by atoms with Crippen LogP contribution >= 0.6 is 31.9 Å². The highest BCUT2D eigenvalue weighted by molar-refractivity contribution is 9.12. The van der Waals surface area contributed by atoms with Crippen molar-refractivity contribution >= 4 is 49.6 Å². The van der Waals surface area contributed by atoms with Gasteiger partial charge >= 0.3 is 0 Å². The molecule has 1 saturated heterocycles. The zero-order chi connectivity index (χ0) is 16.3. The summed E-state index contributed by atoms with van der Waals surface area (Å²) in [5.41, 5.74) is 2.82. The van der Waals surface area contributed by atoms with E-state index < -0.39 is 5.91 Å². The average Bonchev–Trinajstić information content (AvgIpc) is 3.16. The molecule has 0 spiro atoms. The summed E-state index contributed by atoms with van der Waals surface area (Å²) in [5, 5.41) is 0.919. The van der Waals surface area contributed by atoms with Gasteiger partial charge in [-0.25, -0.2) is 0 Å². The number of nitrogens with zero attached hydrogens (tertiary/aromatic N) is 2. The molecule has 0 unspecified atom stereocenters. The SMILES string of the molecule is O=C(NN1C(=O)[C@@H]2[C@H]3C[C@@H]([C@H](Br)[C@H]3Br)[C@H]2C1=O)c1ccncc1. The van der Waals surface area contributed by atoms with E-state index in [0.29, 0.717) is 5.56 Å². The maximum atomic E-state index is 12.6. The topological polar surface area (TPSA) is 79.4 Å². The number of halogens is 2. The molecule has 0 aromatic carbocycles. The third-order valence-electron chi connectivity index (χ3n) is 5.14. The smallest absolute Gasteiger partial charge is 0.270 e. The second-order valence-corrected chi connectivity index (χ2v) is 8.31. The molecule has 1 aromatic rings. The van der Waals surface area contributed by atoms with Crippen LogP contribution in [-0.2, 0) is 9.59 Å². The Balaban J connectivity index is 1.57. The molecule has 8 heteroatoms. The van der Waals surface area contributed by atoms with Gasteiger partial charge in [-0.05, 0) is 30.4 Å². The standard InChI is InChI=1S/C15H13Br2N3O3/c16-11-7-5-8(12(11)17)10-9(7)14(22)20(15(10)23)19-13(21)6-1-3-18-4-2-6/h1-4,7-12H,5H2,(H,19,21)/t7-,8-,9-,10-,11+,12+/m1/s1. The number of alkyl halides is 2. The first-order valence-corrected chi connectivity index (χ1v) is 9.21. The average molecular weight is 443 g/mol. The van der Waals surface area contributed by atoms with Gasteiger partial charge in [0.2, 0.25) is 0 Å². The van der Waals surface area contributed by atoms with Gasteiger partial charge in [0.1, 0.15) is 0 Å². The van der Waals surface area contributed by atoms with Crippen LogP contribution in [0.2, 0.25) is 0 Å². The van der Waals surface area contributed by atoms with Crippen LogP contribution in [0.3, 0.4) is 0 Å². The van der Waals surface area contributed by atoms with E-state index in [1.54, 1.807) is 0 Å². The van der Waals surface area contributed by atoms with Gasteiger partial charge in [-0.1, -0.05) is 31.9 Å². The van der Waals surface area contributed by atoms with Gasteiger partial charge in [-0.15, -0.1) is 0 Å². The number of hydrazine groups is 1. The number of nitrogens with one attached hydrogen (secondary N) is 1. The van der Waals surface area contributed by atoms with E-state index in [0.717, 1.165) is 11.4 Å². The third kappa shape index (κ3) is 2.11. The van der Waals surface area contributed by atoms with Gasteiger partial charge in [-0.3, -0.25) is 24.8 Å². The first-order chi connectivity index (χ1) is 11.0. The van der Waals surface area contributed by atoms with Gasteiger partial charge in [0.25, 0.3) is 17.7 Å². The Kier molecular flexibility index (Phi) is 3.57. The maximum absolute atomic E-state index is 12.6. The molecular formula is C15H13Br2N3O3. The summed E-state index contributed by atoms with van der Waals surface area (Å²) < 4.78 is 0. The number of carbonyl (C=O) groups excluding carboxylic acids is 3. The van der Waals surface area contributed by atoms with Gasteiger partial charge in [-0.2, -0.15) is 5.01 Å². The highest BCUT2D eigenvalue weighted by atomic mass is 79.9. The number of pyridine rings is 1. The molecule has 2 heterocycles. The molecule has 2 bridgehead atoms. The van der Waals surface area contributed by atoms with Crippen LogP contribution in [0, 0.1) is 23.7 Å². The Morgan fingerprint density at radius 2 is 1.61 bits per heavy atom. The fourth-order valence-corrected chi connectivity index (χ4v) is 6.00. The molecule has 1 N–H and O–H groups in total. The van der Waals surface area contributed by atoms with Gasteiger partial charge in [0.15, 0.2) is 0 Å². The Labute approximate surface area is 149 Å². The van der Waals surface area contributed by atoms with Crippen molar-refractivity contribution in [2.45, 2.75) is 16.1 Å². The monoisotopic (exact) mass is 441 g/mol. The van der Waals surface area contributed by atoms with E-state index in [9.17, 15) is 14.4 Å². The summed E-state index contributed by atoms with van der Waals surface area (Å²) in [6, 6.07) is 3.07. The predicted octanol–water partition coefficient (Wildman–Crippen LogP) is 1.50. The van der Waals surface area contributed by atoms with Crippen LogP contribution in [0.4, 0.5) is 0 Å². The summed E-state index contributed by atoms with van der Waals surface area (Å²) in [7, 11) is 0. The van der Waals surface area contributed by atoms with Crippen molar-refractivity contribution < 1.29 is 14.4 Å². The molecule has 1 aromatic heterocycles. The Bertz CT molecular complexity index is 666. The lowest BCUT2D eigenvalue weighted by Gasteiger charge is -2.28. The quantitative estimate of drug-likeness (QED) is 0.556. The molecule has 0 radical (unpaired) electrons. The minimum Gasteiger partial charge on any atom is -0.272 e. The van der Waals surface area contributed by atoms with Gasteiger partial charge in [0, 0.05) is 27.6 Å². The number of imide groups is 1. The summed E-state index contributed by atoms with van der Waals surface area (Å²) in [6.45, 7) is 0. The van der Waals surface area contributed by atoms with Gasteiger partial charge < -0.3 is 0 Å². The van der Waals surface area contributed by atoms with Crippen molar-refractivity contribution in [2.75, 3.05) is 0 Å². The lowest BCUT2D eigenvalue weighted by molar-refractivity contribution is -0.143. The van der Waals surface area contributed by atoms with E-state index in [1.165, 1.54) is 24.5 Å². The largest absolute Gasteiger partial charge is 0.272 e. The van der Waals surface area contributed by atoms with Crippen LogP contribution in [-0.4, -0.2) is 37.4 Å². The van der Waals surface area contributed by atoms with Crippen molar-refractivity contribution in [1.82, 2.24) is 15.4 Å². The normalized spacial score (nSPS) is 38.1. The molecule has 6 nitrogen and oxygen atoms in total. The summed E-state index contributed by atoms with van der Waals surface area (Å²) in [6.07, 6.45) is 3.84. The first kappa shape index (κ1) is 15.3. The van der Waals surface area contributed by atoms with Crippen molar-refractivity contribution in [2.24, 2.45) is 23.7 Å². The first-order valence-electron chi connectivity index (χ1n) is 7.37. The summed E-state index contributed by atoms with van der Waals surface area (Å²) >= 11 is 7.26. The molecule has 4 rings (SSSR count). The van der Waals surface area contributed by atoms with Crippen molar-refractivity contribution in [3.63, 3.8) is 0 Å². The summed E-state index contributed by atoms with van der Waals surface area (Å²) in [4.78, 5) is 41.7. The van der Waals surface area contributed by atoms with Crippen LogP contribution in [0.5, 0.6) is 0 Å².